The van der Waals surface area contributed by atoms with Gasteiger partial charge < -0.3 is 19.4 Å². The Balaban J connectivity index is 1.89. The van der Waals surface area contributed by atoms with E-state index >= 15 is 0 Å². The Morgan fingerprint density at radius 3 is 2.35 bits per heavy atom. The molecule has 1 aliphatic heterocycles. The van der Waals surface area contributed by atoms with Gasteiger partial charge in [-0.1, -0.05) is 34.8 Å². The van der Waals surface area contributed by atoms with E-state index in [4.69, 9.17) is 44.3 Å². The minimum absolute atomic E-state index is 0.293. The quantitative estimate of drug-likeness (QED) is 0.846. The minimum atomic E-state index is -0.377. The van der Waals surface area contributed by atoms with Crippen molar-refractivity contribution < 1.29 is 14.3 Å². The number of fused-ring (bicyclic) bond motifs is 1. The lowest BCUT2D eigenvalue weighted by Gasteiger charge is -2.12. The summed E-state index contributed by atoms with van der Waals surface area (Å²) in [6, 6.07) is 4.77. The van der Waals surface area contributed by atoms with Gasteiger partial charge in [-0.2, -0.15) is 0 Å². The standard InChI is InChI=1S/C15H13Cl3N2O3/c1-20-11(5-9(17)14(20)18)15(21)19-10-7-13-12(6-8(10)16)22-3-2-4-23-13/h5-7H,2-4H2,1H3,(H,19,21). The molecule has 1 aliphatic rings. The van der Waals surface area contributed by atoms with Gasteiger partial charge in [-0.3, -0.25) is 4.79 Å². The van der Waals surface area contributed by atoms with Crippen LogP contribution in [0.2, 0.25) is 15.2 Å². The van der Waals surface area contributed by atoms with Gasteiger partial charge in [-0.25, -0.2) is 0 Å². The van der Waals surface area contributed by atoms with Crippen LogP contribution in [-0.4, -0.2) is 23.7 Å². The van der Waals surface area contributed by atoms with E-state index in [0.717, 1.165) is 6.42 Å². The Morgan fingerprint density at radius 2 is 1.74 bits per heavy atom. The van der Waals surface area contributed by atoms with Crippen molar-refractivity contribution in [3.63, 3.8) is 0 Å². The topological polar surface area (TPSA) is 52.5 Å². The van der Waals surface area contributed by atoms with Gasteiger partial charge in [-0.05, 0) is 6.07 Å². The first kappa shape index (κ1) is 16.3. The molecule has 3 rings (SSSR count). The van der Waals surface area contributed by atoms with Gasteiger partial charge in [0.15, 0.2) is 11.5 Å². The fourth-order valence-corrected chi connectivity index (χ4v) is 2.80. The zero-order valence-electron chi connectivity index (χ0n) is 12.2. The summed E-state index contributed by atoms with van der Waals surface area (Å²) in [4.78, 5) is 12.4. The SMILES string of the molecule is Cn1c(C(=O)Nc2cc3c(cc2Cl)OCCCO3)cc(Cl)c1Cl. The molecule has 0 aliphatic carbocycles. The minimum Gasteiger partial charge on any atom is -0.490 e. The van der Waals surface area contributed by atoms with Gasteiger partial charge in [0.2, 0.25) is 0 Å². The molecule has 1 aromatic heterocycles. The van der Waals surface area contributed by atoms with Gasteiger partial charge >= 0.3 is 0 Å². The second-order valence-corrected chi connectivity index (χ2v) is 6.18. The molecule has 8 heteroatoms. The lowest BCUT2D eigenvalue weighted by molar-refractivity contribution is 0.101. The summed E-state index contributed by atoms with van der Waals surface area (Å²) in [5, 5.41) is 3.69. The van der Waals surface area contributed by atoms with Crippen molar-refractivity contribution in [2.24, 2.45) is 7.05 Å². The Morgan fingerprint density at radius 1 is 1.09 bits per heavy atom. The lowest BCUT2D eigenvalue weighted by Crippen LogP contribution is -2.16. The van der Waals surface area contributed by atoms with E-state index < -0.39 is 0 Å². The number of halogens is 3. The molecule has 0 radical (unpaired) electrons. The maximum absolute atomic E-state index is 12.4. The summed E-state index contributed by atoms with van der Waals surface area (Å²) in [5.74, 6) is 0.735. The normalized spacial score (nSPS) is 13.6. The fourth-order valence-electron chi connectivity index (χ4n) is 2.23. The maximum Gasteiger partial charge on any atom is 0.272 e. The van der Waals surface area contributed by atoms with Crippen LogP contribution in [0.1, 0.15) is 16.9 Å². The average molecular weight is 376 g/mol. The molecule has 0 unspecified atom stereocenters. The molecule has 0 bridgehead atoms. The van der Waals surface area contributed by atoms with Gasteiger partial charge in [0.25, 0.3) is 5.91 Å². The third kappa shape index (κ3) is 3.22. The Labute approximate surface area is 148 Å². The molecule has 5 nitrogen and oxygen atoms in total. The third-order valence-corrected chi connectivity index (χ3v) is 4.59. The second-order valence-electron chi connectivity index (χ2n) is 5.01. The number of nitrogens with one attached hydrogen (secondary N) is 1. The van der Waals surface area contributed by atoms with E-state index in [-0.39, 0.29) is 5.91 Å². The van der Waals surface area contributed by atoms with Crippen molar-refractivity contribution >= 4 is 46.4 Å². The molecular formula is C15H13Cl3N2O3. The molecule has 1 aromatic carbocycles. The first-order chi connectivity index (χ1) is 11.0. The summed E-state index contributed by atoms with van der Waals surface area (Å²) < 4.78 is 12.6. The average Bonchev–Trinajstić information content (AvgIpc) is 2.70. The first-order valence-corrected chi connectivity index (χ1v) is 8.02. The number of hydrogen-bond donors (Lipinski definition) is 1. The number of aromatic nitrogens is 1. The van der Waals surface area contributed by atoms with Crippen molar-refractivity contribution in [3.8, 4) is 11.5 Å². The highest BCUT2D eigenvalue weighted by atomic mass is 35.5. The van der Waals surface area contributed by atoms with Gasteiger partial charge in [-0.15, -0.1) is 0 Å². The second kappa shape index (κ2) is 6.51. The molecule has 23 heavy (non-hydrogen) atoms. The van der Waals surface area contributed by atoms with Crippen LogP contribution >= 0.6 is 34.8 Å². The highest BCUT2D eigenvalue weighted by molar-refractivity contribution is 6.42. The van der Waals surface area contributed by atoms with E-state index in [2.05, 4.69) is 5.32 Å². The monoisotopic (exact) mass is 374 g/mol. The number of anilines is 1. The summed E-state index contributed by atoms with van der Waals surface area (Å²) in [7, 11) is 1.65. The van der Waals surface area contributed by atoms with Crippen molar-refractivity contribution in [3.05, 3.63) is 39.1 Å². The summed E-state index contributed by atoms with van der Waals surface area (Å²) in [5.41, 5.74) is 0.748. The van der Waals surface area contributed by atoms with Gasteiger partial charge in [0.1, 0.15) is 10.8 Å². The highest BCUT2D eigenvalue weighted by Crippen LogP contribution is 2.38. The zero-order chi connectivity index (χ0) is 16.6. The molecule has 122 valence electrons. The summed E-state index contributed by atoms with van der Waals surface area (Å²) in [6.07, 6.45) is 0.786. The van der Waals surface area contributed by atoms with Crippen LogP contribution in [0.5, 0.6) is 11.5 Å². The number of amides is 1. The van der Waals surface area contributed by atoms with E-state index in [1.54, 1.807) is 19.2 Å². The smallest absolute Gasteiger partial charge is 0.272 e. The molecule has 0 saturated heterocycles. The molecule has 0 spiro atoms. The fraction of sp³-hybridized carbons (Fsp3) is 0.267. The predicted molar refractivity (Wildman–Crippen MR) is 90.4 cm³/mol. The molecule has 2 heterocycles. The number of carbonyl (C=O) groups is 1. The Kier molecular flexibility index (Phi) is 4.62. The van der Waals surface area contributed by atoms with Crippen molar-refractivity contribution in [2.45, 2.75) is 6.42 Å². The number of ether oxygens (including phenoxy) is 2. The predicted octanol–water partition coefficient (Wildman–Crippen LogP) is 4.40. The van der Waals surface area contributed by atoms with Crippen LogP contribution in [0.3, 0.4) is 0 Å². The van der Waals surface area contributed by atoms with Crippen LogP contribution in [0.15, 0.2) is 18.2 Å². The molecule has 1 N–H and O–H groups in total. The molecule has 1 amide bonds. The Bertz CT molecular complexity index is 774. The van der Waals surface area contributed by atoms with Gasteiger partial charge in [0.05, 0.1) is 28.9 Å². The molecule has 0 atom stereocenters. The van der Waals surface area contributed by atoms with Crippen LogP contribution in [0.4, 0.5) is 5.69 Å². The highest BCUT2D eigenvalue weighted by Gasteiger charge is 2.19. The molecule has 2 aromatic rings. The number of benzene rings is 1. The Hall–Kier alpha value is -1.56. The van der Waals surface area contributed by atoms with Crippen molar-refractivity contribution in [2.75, 3.05) is 18.5 Å². The number of rotatable bonds is 2. The molecule has 0 saturated carbocycles. The van der Waals surface area contributed by atoms with E-state index in [1.807, 2.05) is 0 Å². The van der Waals surface area contributed by atoms with Crippen LogP contribution in [0.25, 0.3) is 0 Å². The van der Waals surface area contributed by atoms with E-state index in [1.165, 1.54) is 10.6 Å². The number of carbonyl (C=O) groups excluding carboxylic acids is 1. The lowest BCUT2D eigenvalue weighted by atomic mass is 10.2. The van der Waals surface area contributed by atoms with Crippen molar-refractivity contribution in [1.82, 2.24) is 4.57 Å². The van der Waals surface area contributed by atoms with Crippen LogP contribution in [-0.2, 0) is 7.05 Å². The van der Waals surface area contributed by atoms with Crippen molar-refractivity contribution in [1.29, 1.82) is 0 Å². The first-order valence-electron chi connectivity index (χ1n) is 6.88. The maximum atomic E-state index is 12.4. The zero-order valence-corrected chi connectivity index (χ0v) is 14.4. The largest absolute Gasteiger partial charge is 0.490 e. The third-order valence-electron chi connectivity index (χ3n) is 3.43. The molecular weight excluding hydrogens is 363 g/mol. The van der Waals surface area contributed by atoms with Gasteiger partial charge in [0, 0.05) is 25.6 Å². The van der Waals surface area contributed by atoms with E-state index in [0.29, 0.717) is 51.3 Å². The van der Waals surface area contributed by atoms with Crippen LogP contribution < -0.4 is 14.8 Å². The summed E-state index contributed by atoms with van der Waals surface area (Å²) >= 11 is 18.1. The number of nitrogens with zero attached hydrogens (tertiary/aromatic N) is 1. The summed E-state index contributed by atoms with van der Waals surface area (Å²) in [6.45, 7) is 1.11. The van der Waals surface area contributed by atoms with E-state index in [9.17, 15) is 4.79 Å². The molecule has 0 fully saturated rings. The number of hydrogen-bond acceptors (Lipinski definition) is 3. The van der Waals surface area contributed by atoms with Crippen LogP contribution in [0, 0.1) is 0 Å².